The Kier molecular flexibility index (Phi) is 4.86. The minimum Gasteiger partial charge on any atom is -0.294 e. The number of thiophene rings is 1. The van der Waals surface area contributed by atoms with Crippen molar-refractivity contribution in [3.8, 4) is 0 Å². The molecule has 0 saturated carbocycles. The van der Waals surface area contributed by atoms with E-state index in [0.717, 1.165) is 10.9 Å². The Labute approximate surface area is 124 Å². The third-order valence-electron chi connectivity index (χ3n) is 2.70. The van der Waals surface area contributed by atoms with Gasteiger partial charge >= 0.3 is 0 Å². The summed E-state index contributed by atoms with van der Waals surface area (Å²) < 4.78 is 27.0. The van der Waals surface area contributed by atoms with Crippen LogP contribution < -0.4 is 0 Å². The Bertz CT molecular complexity index is 629. The van der Waals surface area contributed by atoms with Crippen molar-refractivity contribution in [3.05, 3.63) is 56.7 Å². The fourth-order valence-electron chi connectivity index (χ4n) is 1.80. The number of carbonyl (C=O) groups excluding carboxylic acids is 1. The number of nitrogens with zero attached hydrogens (tertiary/aromatic N) is 1. The van der Waals surface area contributed by atoms with E-state index in [1.165, 1.54) is 17.4 Å². The van der Waals surface area contributed by atoms with E-state index in [-0.39, 0.29) is 17.9 Å². The highest BCUT2D eigenvalue weighted by Gasteiger charge is 2.15. The number of rotatable bonds is 5. The first-order chi connectivity index (χ1) is 9.45. The van der Waals surface area contributed by atoms with Crippen LogP contribution in [0, 0.1) is 11.6 Å². The van der Waals surface area contributed by atoms with Gasteiger partial charge in [0.05, 0.1) is 16.4 Å². The van der Waals surface area contributed by atoms with Gasteiger partial charge in [0, 0.05) is 17.5 Å². The molecule has 0 fully saturated rings. The summed E-state index contributed by atoms with van der Waals surface area (Å²) in [4.78, 5) is 14.7. The Morgan fingerprint density at radius 1 is 1.30 bits per heavy atom. The molecule has 0 saturated heterocycles. The van der Waals surface area contributed by atoms with Gasteiger partial charge in [-0.05, 0) is 31.3 Å². The van der Waals surface area contributed by atoms with Crippen LogP contribution in [0.15, 0.2) is 30.3 Å². The zero-order valence-corrected chi connectivity index (χ0v) is 12.3. The quantitative estimate of drug-likeness (QED) is 0.777. The topological polar surface area (TPSA) is 20.3 Å². The minimum absolute atomic E-state index is 0.0536. The Balaban J connectivity index is 2.00. The lowest BCUT2D eigenvalue weighted by atomic mass is 10.1. The first-order valence-corrected chi connectivity index (χ1v) is 7.06. The first-order valence-electron chi connectivity index (χ1n) is 5.86. The molecule has 2 aromatic rings. The van der Waals surface area contributed by atoms with E-state index in [1.807, 2.05) is 6.07 Å². The maximum atomic E-state index is 13.5. The van der Waals surface area contributed by atoms with Crippen LogP contribution in [-0.4, -0.2) is 24.3 Å². The van der Waals surface area contributed by atoms with E-state index in [2.05, 4.69) is 0 Å². The summed E-state index contributed by atoms with van der Waals surface area (Å²) in [5, 5.41) is 0. The van der Waals surface area contributed by atoms with E-state index in [1.54, 1.807) is 18.0 Å². The largest absolute Gasteiger partial charge is 0.294 e. The van der Waals surface area contributed by atoms with E-state index in [4.69, 9.17) is 11.6 Å². The molecule has 0 aliphatic rings. The van der Waals surface area contributed by atoms with Crippen molar-refractivity contribution in [3.63, 3.8) is 0 Å². The van der Waals surface area contributed by atoms with Crippen LogP contribution in [-0.2, 0) is 6.54 Å². The van der Waals surface area contributed by atoms with Gasteiger partial charge in [0.1, 0.15) is 11.6 Å². The number of benzene rings is 1. The van der Waals surface area contributed by atoms with Crippen molar-refractivity contribution in [2.24, 2.45) is 0 Å². The average Bonchev–Trinajstić information content (AvgIpc) is 2.74. The van der Waals surface area contributed by atoms with Gasteiger partial charge < -0.3 is 0 Å². The highest BCUT2D eigenvalue weighted by atomic mass is 35.5. The number of hydrogen-bond donors (Lipinski definition) is 0. The van der Waals surface area contributed by atoms with Crippen LogP contribution >= 0.6 is 22.9 Å². The van der Waals surface area contributed by atoms with E-state index >= 15 is 0 Å². The predicted molar refractivity (Wildman–Crippen MR) is 76.4 cm³/mol. The fraction of sp³-hybridized carbons (Fsp3) is 0.214. The molecule has 0 radical (unpaired) electrons. The molecule has 0 spiro atoms. The molecular formula is C14H12ClF2NOS. The number of likely N-dealkylation sites (N-methyl/N-ethyl adjacent to an activating group) is 1. The Morgan fingerprint density at radius 3 is 2.65 bits per heavy atom. The second-order valence-electron chi connectivity index (χ2n) is 4.43. The van der Waals surface area contributed by atoms with Gasteiger partial charge in [0.15, 0.2) is 5.78 Å². The van der Waals surface area contributed by atoms with Crippen LogP contribution in [0.1, 0.15) is 15.2 Å². The summed E-state index contributed by atoms with van der Waals surface area (Å²) in [7, 11) is 1.76. The van der Waals surface area contributed by atoms with Crippen LogP contribution in [0.3, 0.4) is 0 Å². The zero-order chi connectivity index (χ0) is 14.7. The van der Waals surface area contributed by atoms with Gasteiger partial charge in [-0.25, -0.2) is 8.78 Å². The van der Waals surface area contributed by atoms with Crippen LogP contribution in [0.25, 0.3) is 0 Å². The van der Waals surface area contributed by atoms with Crippen molar-refractivity contribution in [2.75, 3.05) is 13.6 Å². The smallest absolute Gasteiger partial charge is 0.179 e. The number of halogens is 3. The second-order valence-corrected chi connectivity index (χ2v) is 6.23. The van der Waals surface area contributed by atoms with Gasteiger partial charge in [-0.1, -0.05) is 11.6 Å². The van der Waals surface area contributed by atoms with Crippen LogP contribution in [0.5, 0.6) is 0 Å². The van der Waals surface area contributed by atoms with Crippen LogP contribution in [0.2, 0.25) is 4.34 Å². The van der Waals surface area contributed by atoms with Crippen molar-refractivity contribution in [1.29, 1.82) is 0 Å². The van der Waals surface area contributed by atoms with Gasteiger partial charge in [0.2, 0.25) is 0 Å². The highest BCUT2D eigenvalue weighted by Crippen LogP contribution is 2.22. The molecule has 2 rings (SSSR count). The molecule has 6 heteroatoms. The molecule has 0 unspecified atom stereocenters. The third kappa shape index (κ3) is 3.85. The standard InChI is InChI=1S/C14H12ClF2NOS/c1-18(7-10-3-5-14(15)20-10)8-13(19)11-4-2-9(16)6-12(11)17/h2-6H,7-8H2,1H3. The molecule has 0 aliphatic carbocycles. The molecule has 1 aromatic carbocycles. The van der Waals surface area contributed by atoms with E-state index < -0.39 is 11.6 Å². The molecule has 0 aliphatic heterocycles. The second kappa shape index (κ2) is 6.43. The number of Topliss-reactive ketones (excluding diaryl/α,β-unsaturated/α-hetero) is 1. The van der Waals surface area contributed by atoms with Crippen molar-refractivity contribution >= 4 is 28.7 Å². The minimum atomic E-state index is -0.831. The number of carbonyl (C=O) groups is 1. The first kappa shape index (κ1) is 15.1. The molecule has 1 aromatic heterocycles. The van der Waals surface area contributed by atoms with Crippen molar-refractivity contribution in [2.45, 2.75) is 6.54 Å². The summed E-state index contributed by atoms with van der Waals surface area (Å²) >= 11 is 7.26. The lowest BCUT2D eigenvalue weighted by Crippen LogP contribution is -2.25. The van der Waals surface area contributed by atoms with E-state index in [9.17, 15) is 13.6 Å². The molecule has 106 valence electrons. The molecule has 0 atom stereocenters. The summed E-state index contributed by atoms with van der Waals surface area (Å²) in [5.41, 5.74) is -0.0949. The molecular weight excluding hydrogens is 304 g/mol. The molecule has 0 amide bonds. The molecule has 0 N–H and O–H groups in total. The predicted octanol–water partition coefficient (Wildman–Crippen LogP) is 3.99. The Morgan fingerprint density at radius 2 is 2.05 bits per heavy atom. The summed E-state index contributed by atoms with van der Waals surface area (Å²) in [6.07, 6.45) is 0. The Hall–Kier alpha value is -1.30. The van der Waals surface area contributed by atoms with E-state index in [0.29, 0.717) is 16.9 Å². The van der Waals surface area contributed by atoms with Gasteiger partial charge in [-0.3, -0.25) is 9.69 Å². The molecule has 20 heavy (non-hydrogen) atoms. The summed E-state index contributed by atoms with van der Waals surface area (Å²) in [5.74, 6) is -1.91. The SMILES string of the molecule is CN(CC(=O)c1ccc(F)cc1F)Cc1ccc(Cl)s1. The van der Waals surface area contributed by atoms with Crippen LogP contribution in [0.4, 0.5) is 8.78 Å². The number of hydrogen-bond acceptors (Lipinski definition) is 3. The average molecular weight is 316 g/mol. The fourth-order valence-corrected chi connectivity index (χ4v) is 2.97. The number of ketones is 1. The zero-order valence-electron chi connectivity index (χ0n) is 10.7. The van der Waals surface area contributed by atoms with Crippen molar-refractivity contribution < 1.29 is 13.6 Å². The monoisotopic (exact) mass is 315 g/mol. The lowest BCUT2D eigenvalue weighted by Gasteiger charge is -2.14. The summed E-state index contributed by atoms with van der Waals surface area (Å²) in [6, 6.07) is 6.63. The summed E-state index contributed by atoms with van der Waals surface area (Å²) in [6.45, 7) is 0.601. The maximum Gasteiger partial charge on any atom is 0.179 e. The third-order valence-corrected chi connectivity index (χ3v) is 3.92. The normalized spacial score (nSPS) is 11.1. The molecule has 0 bridgehead atoms. The lowest BCUT2D eigenvalue weighted by molar-refractivity contribution is 0.0939. The highest BCUT2D eigenvalue weighted by molar-refractivity contribution is 7.16. The van der Waals surface area contributed by atoms with Gasteiger partial charge in [0.25, 0.3) is 0 Å². The molecule has 2 nitrogen and oxygen atoms in total. The molecule has 1 heterocycles. The van der Waals surface area contributed by atoms with Gasteiger partial charge in [-0.15, -0.1) is 11.3 Å². The van der Waals surface area contributed by atoms with Gasteiger partial charge in [-0.2, -0.15) is 0 Å². The maximum absolute atomic E-state index is 13.5. The van der Waals surface area contributed by atoms with Crippen molar-refractivity contribution in [1.82, 2.24) is 4.90 Å².